The lowest BCUT2D eigenvalue weighted by Gasteiger charge is -2.24. The number of hydrogen-bond donors (Lipinski definition) is 1. The van der Waals surface area contributed by atoms with Gasteiger partial charge >= 0.3 is 0 Å². The Morgan fingerprint density at radius 2 is 1.18 bits per heavy atom. The predicted molar refractivity (Wildman–Crippen MR) is 273 cm³/mol. The van der Waals surface area contributed by atoms with Crippen LogP contribution >= 0.6 is 22.7 Å². The number of hydrogen-bond acceptors (Lipinski definition) is 4. The molecule has 6 heteroatoms. The molecule has 0 atom stereocenters. The van der Waals surface area contributed by atoms with E-state index in [0.717, 1.165) is 40.6 Å². The van der Waals surface area contributed by atoms with Crippen LogP contribution in [0.5, 0.6) is 0 Å². The van der Waals surface area contributed by atoms with Crippen molar-refractivity contribution in [1.29, 1.82) is 0 Å². The molecule has 0 bridgehead atoms. The van der Waals surface area contributed by atoms with Gasteiger partial charge < -0.3 is 14.3 Å². The molecule has 0 amide bonds. The number of furan rings is 1. The lowest BCUT2D eigenvalue weighted by atomic mass is 9.59. The molecule has 0 saturated carbocycles. The van der Waals surface area contributed by atoms with E-state index in [2.05, 4.69) is 191 Å². The highest BCUT2D eigenvalue weighted by Gasteiger charge is 2.29. The Hall–Kier alpha value is -6.34. The van der Waals surface area contributed by atoms with Crippen molar-refractivity contribution >= 4 is 136 Å². The SMILES string of the molecule is CC(C)(C)c1ccc(Nc2cc3sc4cc(C(C)(C)C)ccc4c3cc2-c2ccc3c4cc5sc6ccccc6c5cc4n4c3c2Bc2cc3oc5ccccc5c3cc2-4)cc1. The minimum absolute atomic E-state index is 0.0739. The first-order valence-corrected chi connectivity index (χ1v) is 23.3. The number of nitrogens with one attached hydrogen (secondary N) is 1. The number of thiophene rings is 2. The van der Waals surface area contributed by atoms with E-state index < -0.39 is 0 Å². The average molecular weight is 835 g/mol. The Kier molecular flexibility index (Phi) is 7.40. The maximum atomic E-state index is 6.57. The van der Waals surface area contributed by atoms with Crippen LogP contribution in [0.3, 0.4) is 0 Å². The number of rotatable bonds is 3. The molecule has 1 aliphatic heterocycles. The second-order valence-corrected chi connectivity index (χ2v) is 21.6. The molecule has 0 saturated heterocycles. The van der Waals surface area contributed by atoms with Crippen LogP contribution in [0.1, 0.15) is 52.7 Å². The number of anilines is 2. The number of aromatic nitrogens is 1. The van der Waals surface area contributed by atoms with Crippen molar-refractivity contribution in [3.63, 3.8) is 0 Å². The van der Waals surface area contributed by atoms with E-state index in [1.165, 1.54) is 101 Å². The van der Waals surface area contributed by atoms with Gasteiger partial charge in [-0.25, -0.2) is 0 Å². The van der Waals surface area contributed by atoms with Gasteiger partial charge in [0.1, 0.15) is 11.2 Å². The first-order valence-electron chi connectivity index (χ1n) is 21.7. The van der Waals surface area contributed by atoms with E-state index >= 15 is 0 Å². The van der Waals surface area contributed by atoms with Crippen LogP contribution in [0, 0.1) is 0 Å². The normalized spacial score (nSPS) is 13.1. The summed E-state index contributed by atoms with van der Waals surface area (Å²) in [6.45, 7) is 13.7. The van der Waals surface area contributed by atoms with Gasteiger partial charge in [0.05, 0.1) is 5.52 Å². The molecule has 5 heterocycles. The molecule has 0 fully saturated rings. The second kappa shape index (κ2) is 12.6. The van der Waals surface area contributed by atoms with Crippen molar-refractivity contribution in [1.82, 2.24) is 4.57 Å². The summed E-state index contributed by atoms with van der Waals surface area (Å²) in [4.78, 5) is 0. The lowest BCUT2D eigenvalue weighted by Crippen LogP contribution is -2.37. The molecule has 13 rings (SSSR count). The highest BCUT2D eigenvalue weighted by atomic mass is 32.1. The fourth-order valence-corrected chi connectivity index (χ4v) is 12.5. The molecule has 12 aromatic rings. The summed E-state index contributed by atoms with van der Waals surface area (Å²) in [7, 11) is 0.791. The van der Waals surface area contributed by atoms with E-state index in [0.29, 0.717) is 0 Å². The molecule has 62 heavy (non-hydrogen) atoms. The number of nitrogens with zero attached hydrogens (tertiary/aromatic N) is 1. The zero-order valence-electron chi connectivity index (χ0n) is 35.7. The van der Waals surface area contributed by atoms with Crippen molar-refractivity contribution in [3.05, 3.63) is 151 Å². The highest BCUT2D eigenvalue weighted by molar-refractivity contribution is 7.26. The molecule has 298 valence electrons. The van der Waals surface area contributed by atoms with Crippen LogP contribution in [0.4, 0.5) is 11.4 Å². The zero-order valence-corrected chi connectivity index (χ0v) is 37.3. The largest absolute Gasteiger partial charge is 0.456 e. The summed E-state index contributed by atoms with van der Waals surface area (Å²) in [6.07, 6.45) is 0. The maximum Gasteiger partial charge on any atom is 0.198 e. The summed E-state index contributed by atoms with van der Waals surface area (Å²) >= 11 is 3.79. The van der Waals surface area contributed by atoms with Gasteiger partial charge in [0.2, 0.25) is 0 Å². The van der Waals surface area contributed by atoms with E-state index in [9.17, 15) is 0 Å². The molecule has 8 aromatic carbocycles. The molecule has 0 aliphatic carbocycles. The predicted octanol–water partition coefficient (Wildman–Crippen LogP) is 15.1. The molecule has 4 aromatic heterocycles. The Morgan fingerprint density at radius 3 is 2.00 bits per heavy atom. The van der Waals surface area contributed by atoms with E-state index in [-0.39, 0.29) is 10.8 Å². The van der Waals surface area contributed by atoms with Gasteiger partial charge in [-0.05, 0) is 99.7 Å². The molecule has 1 N–H and O–H groups in total. The Balaban J connectivity index is 1.11. The van der Waals surface area contributed by atoms with Crippen LogP contribution in [0.2, 0.25) is 0 Å². The van der Waals surface area contributed by atoms with E-state index in [1.54, 1.807) is 0 Å². The molecular formula is C56H43BN2OS2. The van der Waals surface area contributed by atoms with Gasteiger partial charge in [0.25, 0.3) is 0 Å². The summed E-state index contributed by atoms with van der Waals surface area (Å²) < 4.78 is 14.4. The summed E-state index contributed by atoms with van der Waals surface area (Å²) in [5.41, 5.74) is 15.8. The van der Waals surface area contributed by atoms with Crippen LogP contribution < -0.4 is 16.2 Å². The third-order valence-corrected chi connectivity index (χ3v) is 15.8. The number of fused-ring (bicyclic) bond motifs is 14. The van der Waals surface area contributed by atoms with Crippen LogP contribution in [0.15, 0.2) is 144 Å². The molecule has 3 nitrogen and oxygen atoms in total. The number of benzene rings is 8. The van der Waals surface area contributed by atoms with E-state index in [4.69, 9.17) is 4.42 Å². The van der Waals surface area contributed by atoms with Crippen molar-refractivity contribution in [2.75, 3.05) is 5.32 Å². The van der Waals surface area contributed by atoms with Gasteiger partial charge in [0.15, 0.2) is 7.28 Å². The second-order valence-electron chi connectivity index (χ2n) is 19.4. The highest BCUT2D eigenvalue weighted by Crippen LogP contribution is 2.46. The Bertz CT molecular complexity index is 3880. The lowest BCUT2D eigenvalue weighted by molar-refractivity contribution is 0.590. The monoisotopic (exact) mass is 834 g/mol. The minimum Gasteiger partial charge on any atom is -0.456 e. The Labute approximate surface area is 368 Å². The fourth-order valence-electron chi connectivity index (χ4n) is 10.2. The van der Waals surface area contributed by atoms with Gasteiger partial charge in [-0.1, -0.05) is 120 Å². The van der Waals surface area contributed by atoms with Crippen molar-refractivity contribution in [2.24, 2.45) is 0 Å². The molecule has 0 radical (unpaired) electrons. The molecule has 1 aliphatic rings. The third-order valence-electron chi connectivity index (χ3n) is 13.5. The summed E-state index contributed by atoms with van der Waals surface area (Å²) in [6, 6.07) is 52.7. The molecule has 0 unspecified atom stereocenters. The van der Waals surface area contributed by atoms with Crippen molar-refractivity contribution in [2.45, 2.75) is 52.4 Å². The van der Waals surface area contributed by atoms with Gasteiger partial charge in [-0.3, -0.25) is 0 Å². The first-order chi connectivity index (χ1) is 29.9. The van der Waals surface area contributed by atoms with Crippen molar-refractivity contribution < 1.29 is 4.42 Å². The summed E-state index contributed by atoms with van der Waals surface area (Å²) in [5, 5.41) is 14.1. The third kappa shape index (κ3) is 5.29. The van der Waals surface area contributed by atoms with Crippen molar-refractivity contribution in [3.8, 4) is 16.8 Å². The Morgan fingerprint density at radius 1 is 0.500 bits per heavy atom. The average Bonchev–Trinajstić information content (AvgIpc) is 4.00. The smallest absolute Gasteiger partial charge is 0.198 e. The number of para-hydroxylation sites is 1. The summed E-state index contributed by atoms with van der Waals surface area (Å²) in [5.74, 6) is 0. The molecule has 0 spiro atoms. The quantitative estimate of drug-likeness (QED) is 0.180. The fraction of sp³-hybridized carbons (Fsp3) is 0.143. The van der Waals surface area contributed by atoms with Crippen LogP contribution in [-0.4, -0.2) is 11.8 Å². The first kappa shape index (κ1) is 36.3. The minimum atomic E-state index is 0.0739. The van der Waals surface area contributed by atoms with Gasteiger partial charge in [-0.2, -0.15) is 0 Å². The zero-order chi connectivity index (χ0) is 41.8. The molecular weight excluding hydrogens is 792 g/mol. The van der Waals surface area contributed by atoms with Gasteiger partial charge in [-0.15, -0.1) is 22.7 Å². The van der Waals surface area contributed by atoms with Gasteiger partial charge in [0, 0.05) is 90.0 Å². The van der Waals surface area contributed by atoms with Crippen LogP contribution in [0.25, 0.3) is 101 Å². The maximum absolute atomic E-state index is 6.57. The topological polar surface area (TPSA) is 30.1 Å². The standard InChI is InChI=1S/C56H43BN2OS2/c1-55(2,3)30-15-18-32(19-16-30)58-44-29-52-41(35-20-17-31(56(4,5)6)23-50(35)62-52)24-38(44)36-21-22-37-39-27-51-42(34-12-8-10-14-49(34)61-51)26-45(39)59-46-25-40-33-11-7-9-13-47(33)60-48(40)28-43(46)57-53(36)54(37)59/h7-29,57-58H,1-6H3. The van der Waals surface area contributed by atoms with E-state index in [1.807, 2.05) is 22.7 Å². The van der Waals surface area contributed by atoms with Crippen LogP contribution in [-0.2, 0) is 10.8 Å².